The van der Waals surface area contributed by atoms with Crippen molar-refractivity contribution in [3.05, 3.63) is 0 Å². The molecule has 0 heterocycles. The van der Waals surface area contributed by atoms with E-state index in [1.165, 1.54) is 295 Å². The van der Waals surface area contributed by atoms with Crippen molar-refractivity contribution in [3.8, 4) is 0 Å². The zero-order valence-electron chi connectivity index (χ0n) is 46.4. The van der Waals surface area contributed by atoms with Crippen LogP contribution < -0.4 is 5.32 Å². The number of aliphatic hydroxyl groups excluding tert-OH is 4. The van der Waals surface area contributed by atoms with E-state index in [0.29, 0.717) is 12.8 Å². The molecule has 0 aliphatic rings. The molecule has 0 aliphatic carbocycles. The second kappa shape index (κ2) is 57.2. The highest BCUT2D eigenvalue weighted by Gasteiger charge is 2.28. The molecular formula is C62H125NO5. The molecule has 0 bridgehead atoms. The fourth-order valence-corrected chi connectivity index (χ4v) is 10.4. The first-order valence-electron chi connectivity index (χ1n) is 31.4. The van der Waals surface area contributed by atoms with Crippen LogP contribution in [0.15, 0.2) is 0 Å². The molecule has 0 radical (unpaired) electrons. The molecule has 5 N–H and O–H groups in total. The average molecular weight is 965 g/mol. The van der Waals surface area contributed by atoms with Crippen molar-refractivity contribution in [2.45, 2.75) is 385 Å². The maximum Gasteiger partial charge on any atom is 0.249 e. The lowest BCUT2D eigenvalue weighted by molar-refractivity contribution is -0.132. The molecule has 0 aromatic heterocycles. The predicted molar refractivity (Wildman–Crippen MR) is 298 cm³/mol. The van der Waals surface area contributed by atoms with E-state index in [2.05, 4.69) is 19.2 Å². The van der Waals surface area contributed by atoms with E-state index in [1.54, 1.807) is 0 Å². The number of carbonyl (C=O) groups excluding carboxylic acids is 1. The summed E-state index contributed by atoms with van der Waals surface area (Å²) < 4.78 is 0. The summed E-state index contributed by atoms with van der Waals surface area (Å²) in [7, 11) is 0. The third kappa shape index (κ3) is 50.3. The zero-order valence-corrected chi connectivity index (χ0v) is 46.4. The molecule has 0 rings (SSSR count). The van der Waals surface area contributed by atoms with Crippen LogP contribution in [0.2, 0.25) is 0 Å². The van der Waals surface area contributed by atoms with Gasteiger partial charge in [0.15, 0.2) is 0 Å². The van der Waals surface area contributed by atoms with Crippen LogP contribution in [0, 0.1) is 0 Å². The van der Waals surface area contributed by atoms with Crippen molar-refractivity contribution >= 4 is 5.91 Å². The van der Waals surface area contributed by atoms with Crippen molar-refractivity contribution in [1.82, 2.24) is 5.32 Å². The number of unbranched alkanes of at least 4 members (excludes halogenated alkanes) is 50. The first-order chi connectivity index (χ1) is 33.5. The van der Waals surface area contributed by atoms with Gasteiger partial charge in [-0.3, -0.25) is 4.79 Å². The molecular weight excluding hydrogens is 839 g/mol. The van der Waals surface area contributed by atoms with Gasteiger partial charge in [-0.2, -0.15) is 0 Å². The van der Waals surface area contributed by atoms with Crippen LogP contribution in [0.5, 0.6) is 0 Å². The molecule has 4 unspecified atom stereocenters. The van der Waals surface area contributed by atoms with Gasteiger partial charge in [-0.15, -0.1) is 0 Å². The van der Waals surface area contributed by atoms with Crippen molar-refractivity contribution < 1.29 is 25.2 Å². The Labute approximate surface area is 426 Å². The van der Waals surface area contributed by atoms with Crippen molar-refractivity contribution in [1.29, 1.82) is 0 Å². The number of aliphatic hydroxyl groups is 4. The highest BCUT2D eigenvalue weighted by atomic mass is 16.3. The number of hydrogen-bond donors (Lipinski definition) is 5. The average Bonchev–Trinajstić information content (AvgIpc) is 3.34. The van der Waals surface area contributed by atoms with Crippen LogP contribution in [-0.2, 0) is 4.79 Å². The lowest BCUT2D eigenvalue weighted by Crippen LogP contribution is -2.53. The van der Waals surface area contributed by atoms with E-state index in [9.17, 15) is 25.2 Å². The van der Waals surface area contributed by atoms with Gasteiger partial charge in [0.2, 0.25) is 5.91 Å². The molecule has 68 heavy (non-hydrogen) atoms. The maximum absolute atomic E-state index is 12.6. The number of carbonyl (C=O) groups is 1. The molecule has 6 nitrogen and oxygen atoms in total. The number of amides is 1. The molecule has 0 saturated carbocycles. The summed E-state index contributed by atoms with van der Waals surface area (Å²) >= 11 is 0. The Morgan fingerprint density at radius 2 is 0.500 bits per heavy atom. The smallest absolute Gasteiger partial charge is 0.249 e. The molecule has 1 amide bonds. The van der Waals surface area contributed by atoms with Crippen LogP contribution in [0.25, 0.3) is 0 Å². The Balaban J connectivity index is 3.54. The standard InChI is InChI=1S/C62H125NO5/c1-3-5-7-9-11-13-15-17-19-21-23-25-27-29-30-32-33-35-37-39-41-43-45-47-49-51-53-55-59(65)61(67)58(57-64)63-62(68)60(66)56-54-52-50-48-46-44-42-40-38-36-34-31-28-26-24-22-20-18-16-14-12-10-8-6-4-2/h58-61,64-67H,3-57H2,1-2H3,(H,63,68). The molecule has 4 atom stereocenters. The predicted octanol–water partition coefficient (Wildman–Crippen LogP) is 18.7. The van der Waals surface area contributed by atoms with Gasteiger partial charge in [-0.05, 0) is 12.8 Å². The van der Waals surface area contributed by atoms with E-state index >= 15 is 0 Å². The van der Waals surface area contributed by atoms with Crippen molar-refractivity contribution in [2.75, 3.05) is 6.61 Å². The van der Waals surface area contributed by atoms with E-state index in [1.807, 2.05) is 0 Å². The van der Waals surface area contributed by atoms with Crippen LogP contribution >= 0.6 is 0 Å². The second-order valence-electron chi connectivity index (χ2n) is 22.1. The molecule has 0 aromatic carbocycles. The van der Waals surface area contributed by atoms with Crippen LogP contribution in [0.4, 0.5) is 0 Å². The normalized spacial score (nSPS) is 13.6. The Hall–Kier alpha value is -0.690. The fourth-order valence-electron chi connectivity index (χ4n) is 10.4. The van der Waals surface area contributed by atoms with E-state index in [-0.39, 0.29) is 0 Å². The molecule has 0 aliphatic heterocycles. The van der Waals surface area contributed by atoms with Gasteiger partial charge in [0.25, 0.3) is 0 Å². The molecule has 0 saturated heterocycles. The Morgan fingerprint density at radius 3 is 0.706 bits per heavy atom. The zero-order chi connectivity index (χ0) is 49.5. The number of rotatable bonds is 59. The summed E-state index contributed by atoms with van der Waals surface area (Å²) in [6, 6.07) is -0.981. The molecule has 6 heteroatoms. The Bertz CT molecular complexity index is 948. The highest BCUT2D eigenvalue weighted by molar-refractivity contribution is 5.80. The van der Waals surface area contributed by atoms with Crippen LogP contribution in [-0.4, -0.2) is 57.3 Å². The monoisotopic (exact) mass is 964 g/mol. The van der Waals surface area contributed by atoms with E-state index in [4.69, 9.17) is 0 Å². The quantitative estimate of drug-likeness (QED) is 0.0390. The fraction of sp³-hybridized carbons (Fsp3) is 0.984. The first kappa shape index (κ1) is 67.3. The van der Waals surface area contributed by atoms with Gasteiger partial charge in [-0.25, -0.2) is 0 Å². The second-order valence-corrected chi connectivity index (χ2v) is 22.1. The first-order valence-corrected chi connectivity index (χ1v) is 31.4. The Kier molecular flexibility index (Phi) is 56.6. The molecule has 0 fully saturated rings. The van der Waals surface area contributed by atoms with Gasteiger partial charge in [0, 0.05) is 0 Å². The summed E-state index contributed by atoms with van der Waals surface area (Å²) in [4.78, 5) is 12.6. The molecule has 408 valence electrons. The third-order valence-electron chi connectivity index (χ3n) is 15.3. The largest absolute Gasteiger partial charge is 0.394 e. The topological polar surface area (TPSA) is 110 Å². The number of hydrogen-bond acceptors (Lipinski definition) is 5. The van der Waals surface area contributed by atoms with Gasteiger partial charge in [0.1, 0.15) is 12.2 Å². The molecule has 0 spiro atoms. The lowest BCUT2D eigenvalue weighted by Gasteiger charge is -2.27. The summed E-state index contributed by atoms with van der Waals surface area (Å²) in [5.74, 6) is -0.574. The van der Waals surface area contributed by atoms with Crippen molar-refractivity contribution in [3.63, 3.8) is 0 Å². The lowest BCUT2D eigenvalue weighted by atomic mass is 9.99. The minimum absolute atomic E-state index is 0.377. The van der Waals surface area contributed by atoms with Gasteiger partial charge in [-0.1, -0.05) is 348 Å². The maximum atomic E-state index is 12.6. The van der Waals surface area contributed by atoms with Crippen LogP contribution in [0.3, 0.4) is 0 Å². The van der Waals surface area contributed by atoms with E-state index < -0.39 is 36.9 Å². The Morgan fingerprint density at radius 1 is 0.309 bits per heavy atom. The van der Waals surface area contributed by atoms with E-state index in [0.717, 1.165) is 38.5 Å². The minimum Gasteiger partial charge on any atom is -0.394 e. The van der Waals surface area contributed by atoms with Gasteiger partial charge in [0.05, 0.1) is 18.8 Å². The molecule has 0 aromatic rings. The third-order valence-corrected chi connectivity index (χ3v) is 15.3. The summed E-state index contributed by atoms with van der Waals surface area (Å²) in [5, 5.41) is 44.2. The van der Waals surface area contributed by atoms with Gasteiger partial charge >= 0.3 is 0 Å². The van der Waals surface area contributed by atoms with Crippen LogP contribution in [0.1, 0.15) is 361 Å². The minimum atomic E-state index is -1.26. The summed E-state index contributed by atoms with van der Waals surface area (Å²) in [6.07, 6.45) is 67.7. The SMILES string of the molecule is CCCCCCCCCCCCCCCCCCCCCCCCCCCCCC(O)C(O)C(CO)NC(=O)C(O)CCCCCCCCCCCCCCCCCCCCCCCCCCC. The van der Waals surface area contributed by atoms with Crippen molar-refractivity contribution in [2.24, 2.45) is 0 Å². The highest BCUT2D eigenvalue weighted by Crippen LogP contribution is 2.19. The number of nitrogens with one attached hydrogen (secondary N) is 1. The summed E-state index contributed by atoms with van der Waals surface area (Å²) in [5.41, 5.74) is 0. The summed E-state index contributed by atoms with van der Waals surface area (Å²) in [6.45, 7) is 4.11. The van der Waals surface area contributed by atoms with Gasteiger partial charge < -0.3 is 25.7 Å².